The molecule has 4 nitrogen and oxygen atoms in total. The van der Waals surface area contributed by atoms with Gasteiger partial charge < -0.3 is 9.84 Å². The average Bonchev–Trinajstić information content (AvgIpc) is 2.41. The number of anilines is 1. The van der Waals surface area contributed by atoms with Crippen LogP contribution in [0.5, 0.6) is 5.75 Å². The molecular weight excluding hydrogens is 262 g/mol. The van der Waals surface area contributed by atoms with E-state index < -0.39 is 0 Å². The minimum absolute atomic E-state index is 0.120. The Hall–Kier alpha value is -1.36. The molecule has 5 heteroatoms. The van der Waals surface area contributed by atoms with Gasteiger partial charge in [0.1, 0.15) is 11.4 Å². The van der Waals surface area contributed by atoms with Crippen LogP contribution in [-0.4, -0.2) is 34.9 Å². The minimum Gasteiger partial charge on any atom is -0.506 e. The summed E-state index contributed by atoms with van der Waals surface area (Å²) >= 11 is 1.92. The molecule has 1 aromatic carbocycles. The van der Waals surface area contributed by atoms with Crippen LogP contribution in [0.3, 0.4) is 0 Å². The normalized spacial score (nSPS) is 22.3. The molecule has 2 heterocycles. The molecule has 1 amide bonds. The molecule has 2 aliphatic rings. The van der Waals surface area contributed by atoms with Gasteiger partial charge in [-0.25, -0.2) is 4.79 Å². The Morgan fingerprint density at radius 3 is 2.63 bits per heavy atom. The number of amides is 1. The maximum atomic E-state index is 12.2. The van der Waals surface area contributed by atoms with Crippen molar-refractivity contribution in [1.29, 1.82) is 0 Å². The van der Waals surface area contributed by atoms with Crippen molar-refractivity contribution in [3.8, 4) is 5.75 Å². The molecule has 3 rings (SSSR count). The van der Waals surface area contributed by atoms with Gasteiger partial charge in [-0.05, 0) is 36.5 Å². The molecule has 0 aliphatic carbocycles. The molecule has 2 saturated heterocycles. The number of hydrogen-bond acceptors (Lipinski definition) is 4. The second kappa shape index (κ2) is 4.96. The molecule has 102 valence electrons. The molecule has 0 atom stereocenters. The van der Waals surface area contributed by atoms with Gasteiger partial charge in [0.25, 0.3) is 0 Å². The van der Waals surface area contributed by atoms with Crippen molar-refractivity contribution >= 4 is 23.5 Å². The highest BCUT2D eigenvalue weighted by Gasteiger charge is 2.42. The molecule has 19 heavy (non-hydrogen) atoms. The van der Waals surface area contributed by atoms with E-state index in [1.54, 1.807) is 18.2 Å². The van der Waals surface area contributed by atoms with Crippen LogP contribution in [0, 0.1) is 0 Å². The van der Waals surface area contributed by atoms with E-state index in [0.29, 0.717) is 12.2 Å². The van der Waals surface area contributed by atoms with Crippen LogP contribution in [0.4, 0.5) is 10.5 Å². The Bertz CT molecular complexity index is 485. The Balaban J connectivity index is 1.78. The number of phenols is 1. The number of carbonyl (C=O) groups is 1. The third kappa shape index (κ3) is 2.39. The standard InChI is InChI=1S/C14H17NO3S/c16-12-4-2-1-3-11(12)15-8-5-14(18-13(15)17)6-9-19-10-7-14/h1-4,16H,5-10H2. The first-order chi connectivity index (χ1) is 9.20. The molecule has 1 aromatic rings. The van der Waals surface area contributed by atoms with Crippen molar-refractivity contribution in [2.75, 3.05) is 23.0 Å². The van der Waals surface area contributed by atoms with Crippen molar-refractivity contribution in [2.24, 2.45) is 0 Å². The average molecular weight is 279 g/mol. The van der Waals surface area contributed by atoms with Crippen LogP contribution in [0.1, 0.15) is 19.3 Å². The second-order valence-corrected chi connectivity index (χ2v) is 6.28. The molecule has 1 spiro atoms. The number of nitrogens with zero attached hydrogens (tertiary/aromatic N) is 1. The van der Waals surface area contributed by atoms with Gasteiger partial charge in [0.05, 0.1) is 5.69 Å². The summed E-state index contributed by atoms with van der Waals surface area (Å²) in [6, 6.07) is 6.88. The fourth-order valence-electron chi connectivity index (χ4n) is 2.70. The van der Waals surface area contributed by atoms with Gasteiger partial charge in [-0.2, -0.15) is 11.8 Å². The molecule has 1 N–H and O–H groups in total. The van der Waals surface area contributed by atoms with Crippen molar-refractivity contribution < 1.29 is 14.6 Å². The lowest BCUT2D eigenvalue weighted by atomic mass is 9.91. The Kier molecular flexibility index (Phi) is 3.31. The highest BCUT2D eigenvalue weighted by molar-refractivity contribution is 7.99. The summed E-state index contributed by atoms with van der Waals surface area (Å²) in [5.41, 5.74) is 0.274. The lowest BCUT2D eigenvalue weighted by molar-refractivity contribution is -0.0109. The fourth-order valence-corrected chi connectivity index (χ4v) is 3.94. The van der Waals surface area contributed by atoms with E-state index in [-0.39, 0.29) is 17.4 Å². The highest BCUT2D eigenvalue weighted by Crippen LogP contribution is 2.39. The smallest absolute Gasteiger partial charge is 0.414 e. The van der Waals surface area contributed by atoms with E-state index in [0.717, 1.165) is 30.8 Å². The summed E-state index contributed by atoms with van der Waals surface area (Å²) in [6.07, 6.45) is 2.39. The van der Waals surface area contributed by atoms with Crippen molar-refractivity contribution in [1.82, 2.24) is 0 Å². The van der Waals surface area contributed by atoms with Crippen LogP contribution in [0.25, 0.3) is 0 Å². The highest BCUT2D eigenvalue weighted by atomic mass is 32.2. The number of carbonyl (C=O) groups excluding carboxylic acids is 1. The molecule has 0 saturated carbocycles. The zero-order valence-corrected chi connectivity index (χ0v) is 11.5. The number of para-hydroxylation sites is 2. The van der Waals surface area contributed by atoms with Gasteiger partial charge in [-0.15, -0.1) is 0 Å². The first-order valence-corrected chi connectivity index (χ1v) is 7.72. The number of aromatic hydroxyl groups is 1. The molecule has 2 aliphatic heterocycles. The van der Waals surface area contributed by atoms with E-state index in [2.05, 4.69) is 0 Å². The molecule has 0 unspecified atom stereocenters. The van der Waals surface area contributed by atoms with Gasteiger partial charge in [-0.1, -0.05) is 12.1 Å². The molecular formula is C14H17NO3S. The first-order valence-electron chi connectivity index (χ1n) is 6.56. The summed E-state index contributed by atoms with van der Waals surface area (Å²) < 4.78 is 5.70. The van der Waals surface area contributed by atoms with Gasteiger partial charge in [0.15, 0.2) is 0 Å². The Labute approximate surface area is 116 Å². The number of phenolic OH excluding ortho intramolecular Hbond substituents is 1. The van der Waals surface area contributed by atoms with E-state index in [1.807, 2.05) is 17.8 Å². The number of rotatable bonds is 1. The number of ether oxygens (including phenoxy) is 1. The first kappa shape index (κ1) is 12.7. The van der Waals surface area contributed by atoms with E-state index in [9.17, 15) is 9.90 Å². The molecule has 0 bridgehead atoms. The van der Waals surface area contributed by atoms with Gasteiger partial charge >= 0.3 is 6.09 Å². The lowest BCUT2D eigenvalue weighted by Gasteiger charge is -2.43. The van der Waals surface area contributed by atoms with Crippen LogP contribution < -0.4 is 4.90 Å². The number of thioether (sulfide) groups is 1. The Morgan fingerprint density at radius 1 is 1.21 bits per heavy atom. The molecule has 0 radical (unpaired) electrons. The third-order valence-electron chi connectivity index (χ3n) is 3.89. The maximum Gasteiger partial charge on any atom is 0.414 e. The summed E-state index contributed by atoms with van der Waals surface area (Å²) in [7, 11) is 0. The van der Waals surface area contributed by atoms with E-state index >= 15 is 0 Å². The predicted molar refractivity (Wildman–Crippen MR) is 75.8 cm³/mol. The van der Waals surface area contributed by atoms with Crippen molar-refractivity contribution in [3.05, 3.63) is 24.3 Å². The van der Waals surface area contributed by atoms with Crippen molar-refractivity contribution in [3.63, 3.8) is 0 Å². The van der Waals surface area contributed by atoms with Crippen LogP contribution in [-0.2, 0) is 4.74 Å². The zero-order valence-electron chi connectivity index (χ0n) is 10.7. The van der Waals surface area contributed by atoms with E-state index in [4.69, 9.17) is 4.74 Å². The Morgan fingerprint density at radius 2 is 1.95 bits per heavy atom. The summed E-state index contributed by atoms with van der Waals surface area (Å²) in [5.74, 6) is 2.24. The van der Waals surface area contributed by atoms with Gasteiger partial charge in [-0.3, -0.25) is 4.90 Å². The van der Waals surface area contributed by atoms with Crippen LogP contribution in [0.15, 0.2) is 24.3 Å². The van der Waals surface area contributed by atoms with Crippen LogP contribution >= 0.6 is 11.8 Å². The molecule has 2 fully saturated rings. The lowest BCUT2D eigenvalue weighted by Crippen LogP contribution is -2.51. The summed E-state index contributed by atoms with van der Waals surface area (Å²) in [5, 5.41) is 9.83. The quantitative estimate of drug-likeness (QED) is 0.858. The van der Waals surface area contributed by atoms with Gasteiger partial charge in [0.2, 0.25) is 0 Å². The molecule has 0 aromatic heterocycles. The topological polar surface area (TPSA) is 49.8 Å². The maximum absolute atomic E-state index is 12.2. The predicted octanol–water partition coefficient (Wildman–Crippen LogP) is 3.00. The van der Waals surface area contributed by atoms with Crippen molar-refractivity contribution in [2.45, 2.75) is 24.9 Å². The third-order valence-corrected chi connectivity index (χ3v) is 4.88. The van der Waals surface area contributed by atoms with Gasteiger partial charge in [0, 0.05) is 13.0 Å². The SMILES string of the molecule is O=C1OC2(CCSCC2)CCN1c1ccccc1O. The summed E-state index contributed by atoms with van der Waals surface area (Å²) in [6.45, 7) is 0.612. The monoisotopic (exact) mass is 279 g/mol. The zero-order chi connectivity index (χ0) is 13.3. The van der Waals surface area contributed by atoms with Crippen LogP contribution in [0.2, 0.25) is 0 Å². The fraction of sp³-hybridized carbons (Fsp3) is 0.500. The number of benzene rings is 1. The summed E-state index contributed by atoms with van der Waals surface area (Å²) in [4.78, 5) is 13.7. The number of hydrogen-bond donors (Lipinski definition) is 1. The largest absolute Gasteiger partial charge is 0.506 e. The minimum atomic E-state index is -0.334. The second-order valence-electron chi connectivity index (χ2n) is 5.05. The van der Waals surface area contributed by atoms with E-state index in [1.165, 1.54) is 4.90 Å².